The summed E-state index contributed by atoms with van der Waals surface area (Å²) in [4.78, 5) is 36.5. The molecule has 2 heterocycles. The number of nitrogens with one attached hydrogen (secondary N) is 1. The largest absolute Gasteiger partial charge is 0.450 e. The molecule has 0 aliphatic heterocycles. The van der Waals surface area contributed by atoms with Crippen LogP contribution in [0.15, 0.2) is 21.6 Å². The first-order chi connectivity index (χ1) is 12.7. The minimum Gasteiger partial charge on any atom is -0.450 e. The van der Waals surface area contributed by atoms with Gasteiger partial charge in [-0.2, -0.15) is 0 Å². The normalized spacial score (nSPS) is 13.2. The summed E-state index contributed by atoms with van der Waals surface area (Å²) in [6, 6.07) is 2.06. The first-order valence-electron chi connectivity index (χ1n) is 7.70. The number of furan rings is 1. The molecule has 2 aromatic rings. The standard InChI is InChI=1S/C15H15N3O7S2/c16-13(20)12-7-2-1-3-9(7)26-14(12)18-10(19)6-24-15(21)8-4-5-11(25-8)27(17,22)23/h4-5H,1-3,6H2,(H2,16,20)(H,18,19)(H2,17,22,23). The summed E-state index contributed by atoms with van der Waals surface area (Å²) in [5.74, 6) is -2.76. The molecule has 2 amide bonds. The van der Waals surface area contributed by atoms with E-state index in [1.165, 1.54) is 11.3 Å². The minimum absolute atomic E-state index is 0.288. The molecule has 12 heteroatoms. The highest BCUT2D eigenvalue weighted by atomic mass is 32.2. The van der Waals surface area contributed by atoms with E-state index in [-0.39, 0.29) is 5.56 Å². The highest BCUT2D eigenvalue weighted by Gasteiger charge is 2.26. The van der Waals surface area contributed by atoms with Crippen molar-refractivity contribution in [1.29, 1.82) is 0 Å². The second kappa shape index (κ2) is 7.13. The molecule has 10 nitrogen and oxygen atoms in total. The summed E-state index contributed by atoms with van der Waals surface area (Å²) in [7, 11) is -4.10. The Kier molecular flexibility index (Phi) is 5.04. The van der Waals surface area contributed by atoms with Gasteiger partial charge in [0.2, 0.25) is 10.9 Å². The van der Waals surface area contributed by atoms with Crippen molar-refractivity contribution < 1.29 is 32.0 Å². The number of amides is 2. The molecule has 1 aliphatic rings. The summed E-state index contributed by atoms with van der Waals surface area (Å²) in [6.45, 7) is -0.662. The second-order valence-corrected chi connectivity index (χ2v) is 8.31. The lowest BCUT2D eigenvalue weighted by Crippen LogP contribution is -2.22. The van der Waals surface area contributed by atoms with Crippen molar-refractivity contribution >= 4 is 44.1 Å². The zero-order valence-electron chi connectivity index (χ0n) is 13.8. The first-order valence-corrected chi connectivity index (χ1v) is 10.1. The number of hydrogen-bond donors (Lipinski definition) is 3. The van der Waals surface area contributed by atoms with Gasteiger partial charge in [-0.1, -0.05) is 0 Å². The number of nitrogens with two attached hydrogens (primary N) is 2. The quantitative estimate of drug-likeness (QED) is 0.574. The maximum absolute atomic E-state index is 12.0. The number of hydrogen-bond acceptors (Lipinski definition) is 8. The average Bonchev–Trinajstić information content (AvgIpc) is 3.26. The van der Waals surface area contributed by atoms with Crippen LogP contribution >= 0.6 is 11.3 Å². The zero-order chi connectivity index (χ0) is 19.8. The Morgan fingerprint density at radius 1 is 1.26 bits per heavy atom. The Labute approximate surface area is 157 Å². The van der Waals surface area contributed by atoms with Gasteiger partial charge in [0, 0.05) is 4.88 Å². The van der Waals surface area contributed by atoms with Crippen LogP contribution in [0.4, 0.5) is 5.00 Å². The molecule has 0 bridgehead atoms. The average molecular weight is 413 g/mol. The molecule has 0 fully saturated rings. The summed E-state index contributed by atoms with van der Waals surface area (Å²) in [6.07, 6.45) is 2.47. The molecule has 0 unspecified atom stereocenters. The fraction of sp³-hybridized carbons (Fsp3) is 0.267. The number of carbonyl (C=O) groups excluding carboxylic acids is 3. The smallest absolute Gasteiger partial charge is 0.374 e. The van der Waals surface area contributed by atoms with Gasteiger partial charge in [-0.3, -0.25) is 9.59 Å². The fourth-order valence-corrected chi connectivity index (χ4v) is 4.48. The van der Waals surface area contributed by atoms with Crippen LogP contribution < -0.4 is 16.2 Å². The molecule has 0 saturated heterocycles. The van der Waals surface area contributed by atoms with Crippen molar-refractivity contribution in [3.63, 3.8) is 0 Å². The molecule has 27 heavy (non-hydrogen) atoms. The van der Waals surface area contributed by atoms with Crippen LogP contribution in [0.5, 0.6) is 0 Å². The lowest BCUT2D eigenvalue weighted by Gasteiger charge is -2.06. The molecular weight excluding hydrogens is 398 g/mol. The highest BCUT2D eigenvalue weighted by Crippen LogP contribution is 2.38. The lowest BCUT2D eigenvalue weighted by atomic mass is 10.1. The van der Waals surface area contributed by atoms with Gasteiger partial charge < -0.3 is 20.2 Å². The third-order valence-corrected chi connectivity index (χ3v) is 5.81. The monoisotopic (exact) mass is 413 g/mol. The maximum Gasteiger partial charge on any atom is 0.374 e. The predicted octanol–water partition coefficient (Wildman–Crippen LogP) is 0.372. The van der Waals surface area contributed by atoms with Crippen LogP contribution in [0, 0.1) is 0 Å². The molecule has 5 N–H and O–H groups in total. The molecule has 0 radical (unpaired) electrons. The van der Waals surface area contributed by atoms with Gasteiger partial charge in [-0.05, 0) is 37.0 Å². The Morgan fingerprint density at radius 2 is 2.00 bits per heavy atom. The number of rotatable bonds is 6. The third-order valence-electron chi connectivity index (χ3n) is 3.82. The van der Waals surface area contributed by atoms with Crippen LogP contribution in [0.3, 0.4) is 0 Å². The molecule has 0 atom stereocenters. The van der Waals surface area contributed by atoms with Gasteiger partial charge in [0.15, 0.2) is 6.61 Å². The topological polar surface area (TPSA) is 172 Å². The number of carbonyl (C=O) groups is 3. The number of primary sulfonamides is 1. The van der Waals surface area contributed by atoms with Crippen LogP contribution in [0.2, 0.25) is 0 Å². The molecule has 144 valence electrons. The van der Waals surface area contributed by atoms with Crippen LogP contribution in [0.1, 0.15) is 37.8 Å². The van der Waals surface area contributed by atoms with Crippen molar-refractivity contribution in [3.8, 4) is 0 Å². The number of sulfonamides is 1. The van der Waals surface area contributed by atoms with E-state index in [2.05, 4.69) is 5.32 Å². The van der Waals surface area contributed by atoms with Crippen LogP contribution in [-0.2, 0) is 32.4 Å². The van der Waals surface area contributed by atoms with E-state index in [4.69, 9.17) is 20.0 Å². The number of primary amides is 1. The summed E-state index contributed by atoms with van der Waals surface area (Å²) in [5, 5.41) is 7.11. The molecule has 0 spiro atoms. The van der Waals surface area contributed by atoms with Crippen molar-refractivity contribution in [2.45, 2.75) is 24.4 Å². The Balaban J connectivity index is 1.63. The van der Waals surface area contributed by atoms with Gasteiger partial charge in [0.05, 0.1) is 5.56 Å². The highest BCUT2D eigenvalue weighted by molar-refractivity contribution is 7.89. The van der Waals surface area contributed by atoms with Gasteiger partial charge >= 0.3 is 5.97 Å². The van der Waals surface area contributed by atoms with E-state index in [1.54, 1.807) is 0 Å². The van der Waals surface area contributed by atoms with E-state index in [0.717, 1.165) is 41.8 Å². The van der Waals surface area contributed by atoms with Crippen LogP contribution in [-0.4, -0.2) is 32.8 Å². The van der Waals surface area contributed by atoms with Gasteiger partial charge in [-0.15, -0.1) is 11.3 Å². The first kappa shape index (κ1) is 19.1. The Bertz CT molecular complexity index is 1040. The van der Waals surface area contributed by atoms with E-state index < -0.39 is 45.3 Å². The van der Waals surface area contributed by atoms with Gasteiger partial charge in [-0.25, -0.2) is 18.4 Å². The lowest BCUT2D eigenvalue weighted by molar-refractivity contribution is -0.119. The van der Waals surface area contributed by atoms with E-state index in [1.807, 2.05) is 0 Å². The Morgan fingerprint density at radius 3 is 2.63 bits per heavy atom. The molecule has 3 rings (SSSR count). The maximum atomic E-state index is 12.0. The van der Waals surface area contributed by atoms with E-state index in [9.17, 15) is 22.8 Å². The predicted molar refractivity (Wildman–Crippen MR) is 93.9 cm³/mol. The third kappa shape index (κ3) is 4.02. The van der Waals surface area contributed by atoms with Crippen LogP contribution in [0.25, 0.3) is 0 Å². The molecule has 0 saturated carbocycles. The van der Waals surface area contributed by atoms with Gasteiger partial charge in [0.25, 0.3) is 21.8 Å². The Hall–Kier alpha value is -2.70. The number of thiophene rings is 1. The van der Waals surface area contributed by atoms with Crippen molar-refractivity contribution in [2.75, 3.05) is 11.9 Å². The number of aryl methyl sites for hydroxylation is 1. The van der Waals surface area contributed by atoms with E-state index >= 15 is 0 Å². The molecule has 2 aromatic heterocycles. The number of ether oxygens (including phenoxy) is 1. The zero-order valence-corrected chi connectivity index (χ0v) is 15.4. The SMILES string of the molecule is NC(=O)c1c(NC(=O)COC(=O)c2ccc(S(N)(=O)=O)o2)sc2c1CCC2. The van der Waals surface area contributed by atoms with Gasteiger partial charge in [0.1, 0.15) is 5.00 Å². The van der Waals surface area contributed by atoms with Crippen molar-refractivity contribution in [3.05, 3.63) is 33.9 Å². The van der Waals surface area contributed by atoms with E-state index in [0.29, 0.717) is 5.00 Å². The summed E-state index contributed by atoms with van der Waals surface area (Å²) in [5.41, 5.74) is 6.54. The molecular formula is C15H15N3O7S2. The van der Waals surface area contributed by atoms with Crippen molar-refractivity contribution in [1.82, 2.24) is 0 Å². The summed E-state index contributed by atoms with van der Waals surface area (Å²) < 4.78 is 31.8. The minimum atomic E-state index is -4.10. The number of anilines is 1. The van der Waals surface area contributed by atoms with Crippen molar-refractivity contribution in [2.24, 2.45) is 10.9 Å². The second-order valence-electron chi connectivity index (χ2n) is 5.71. The summed E-state index contributed by atoms with van der Waals surface area (Å²) >= 11 is 1.27. The number of esters is 1. The molecule has 1 aliphatic carbocycles. The number of fused-ring (bicyclic) bond motifs is 1. The molecule has 0 aromatic carbocycles. The fourth-order valence-electron chi connectivity index (χ4n) is 2.70.